The smallest absolute Gasteiger partial charge is 0.196 e. The molecule has 1 aliphatic rings. The number of benzene rings is 1. The van der Waals surface area contributed by atoms with E-state index in [-0.39, 0.29) is 12.4 Å². The van der Waals surface area contributed by atoms with Crippen molar-refractivity contribution in [3.8, 4) is 0 Å². The highest BCUT2D eigenvalue weighted by molar-refractivity contribution is 6.40. The Kier molecular flexibility index (Phi) is 7.92. The van der Waals surface area contributed by atoms with Crippen LogP contribution < -0.4 is 10.6 Å². The minimum absolute atomic E-state index is 0. The van der Waals surface area contributed by atoms with Crippen LogP contribution in [-0.2, 0) is 6.54 Å². The average Bonchev–Trinajstić information content (AvgIpc) is 2.87. The molecule has 1 heterocycles. The number of hydrogen-bond donors (Lipinski definition) is 2. The molecule has 0 atom stereocenters. The van der Waals surface area contributed by atoms with Crippen molar-refractivity contribution in [3.63, 3.8) is 0 Å². The maximum atomic E-state index is 6.30. The van der Waals surface area contributed by atoms with Gasteiger partial charge in [0.25, 0.3) is 0 Å². The van der Waals surface area contributed by atoms with Gasteiger partial charge in [-0.25, -0.2) is 0 Å². The lowest BCUT2D eigenvalue weighted by Crippen LogP contribution is -2.26. The molecule has 1 aromatic rings. The van der Waals surface area contributed by atoms with Gasteiger partial charge >= 0.3 is 0 Å². The first-order valence-electron chi connectivity index (χ1n) is 6.38. The van der Waals surface area contributed by atoms with Gasteiger partial charge in [0.05, 0.1) is 22.3 Å². The van der Waals surface area contributed by atoms with Crippen molar-refractivity contribution in [1.82, 2.24) is 10.2 Å². The zero-order chi connectivity index (χ0) is 14.5. The van der Waals surface area contributed by atoms with Crippen LogP contribution >= 0.6 is 47.2 Å². The van der Waals surface area contributed by atoms with Crippen molar-refractivity contribution in [2.24, 2.45) is 4.99 Å². The number of aliphatic imine (C=N–C) groups is 1. The molecule has 21 heavy (non-hydrogen) atoms. The second kappa shape index (κ2) is 8.91. The van der Waals surface area contributed by atoms with Gasteiger partial charge in [-0.1, -0.05) is 23.2 Å². The Balaban J connectivity index is 0.00000220. The van der Waals surface area contributed by atoms with E-state index in [4.69, 9.17) is 34.8 Å². The van der Waals surface area contributed by atoms with Crippen molar-refractivity contribution in [2.75, 3.05) is 37.9 Å². The molecule has 0 bridgehead atoms. The predicted molar refractivity (Wildman–Crippen MR) is 94.7 cm³/mol. The number of rotatable bonds is 5. The quantitative estimate of drug-likeness (QED) is 0.778. The number of guanidine groups is 1. The maximum absolute atomic E-state index is 6.30. The summed E-state index contributed by atoms with van der Waals surface area (Å²) in [6.45, 7) is 3.17. The van der Waals surface area contributed by atoms with E-state index in [0.717, 1.165) is 31.7 Å². The van der Waals surface area contributed by atoms with E-state index in [1.807, 2.05) is 19.2 Å². The summed E-state index contributed by atoms with van der Waals surface area (Å²) in [6.07, 6.45) is 0. The molecule has 0 amide bonds. The van der Waals surface area contributed by atoms with Crippen LogP contribution in [0.25, 0.3) is 0 Å². The molecule has 0 saturated heterocycles. The zero-order valence-electron chi connectivity index (χ0n) is 11.6. The summed E-state index contributed by atoms with van der Waals surface area (Å²) in [5, 5.41) is 7.42. The van der Waals surface area contributed by atoms with E-state index in [0.29, 0.717) is 27.6 Å². The first-order chi connectivity index (χ1) is 9.60. The van der Waals surface area contributed by atoms with Gasteiger partial charge in [-0.2, -0.15) is 0 Å². The molecule has 0 spiro atoms. The van der Waals surface area contributed by atoms with E-state index in [1.165, 1.54) is 0 Å². The van der Waals surface area contributed by atoms with Crippen molar-refractivity contribution >= 4 is 58.9 Å². The van der Waals surface area contributed by atoms with Gasteiger partial charge in [0.15, 0.2) is 5.96 Å². The van der Waals surface area contributed by atoms with Crippen LogP contribution in [0.1, 0.15) is 5.56 Å². The van der Waals surface area contributed by atoms with Gasteiger partial charge in [0.2, 0.25) is 0 Å². The summed E-state index contributed by atoms with van der Waals surface area (Å²) < 4.78 is 0. The molecule has 118 valence electrons. The Labute approximate surface area is 146 Å². The molecule has 8 heteroatoms. The Morgan fingerprint density at radius 3 is 2.52 bits per heavy atom. The number of alkyl halides is 1. The standard InChI is InChI=1S/C13H17Cl3N4.ClH/c1-20(5-2-14)8-9-6-10(15)12(11(16)7-9)19-13-17-3-4-18-13;/h6-7H,2-5,8H2,1H3,(H2,17,18,19);1H. The predicted octanol–water partition coefficient (Wildman–Crippen LogP) is 3.46. The van der Waals surface area contributed by atoms with E-state index in [1.54, 1.807) is 0 Å². The molecule has 2 rings (SSSR count). The van der Waals surface area contributed by atoms with Gasteiger partial charge in [0.1, 0.15) is 0 Å². The van der Waals surface area contributed by atoms with E-state index < -0.39 is 0 Å². The van der Waals surface area contributed by atoms with Gasteiger partial charge in [-0.3, -0.25) is 4.99 Å². The minimum Gasteiger partial charge on any atom is -0.354 e. The fourth-order valence-corrected chi connectivity index (χ4v) is 2.89. The molecule has 0 fully saturated rings. The lowest BCUT2D eigenvalue weighted by Gasteiger charge is -2.17. The second-order valence-corrected chi connectivity index (χ2v) is 5.84. The summed E-state index contributed by atoms with van der Waals surface area (Å²) in [5.41, 5.74) is 1.74. The fourth-order valence-electron chi connectivity index (χ4n) is 1.97. The highest BCUT2D eigenvalue weighted by Gasteiger charge is 2.13. The Bertz CT molecular complexity index is 484. The fraction of sp³-hybridized carbons (Fsp3) is 0.462. The topological polar surface area (TPSA) is 39.7 Å². The molecule has 0 saturated carbocycles. The first-order valence-corrected chi connectivity index (χ1v) is 7.67. The molecule has 4 nitrogen and oxygen atoms in total. The summed E-state index contributed by atoms with van der Waals surface area (Å²) >= 11 is 18.3. The van der Waals surface area contributed by atoms with Crippen LogP contribution in [0.2, 0.25) is 10.0 Å². The summed E-state index contributed by atoms with van der Waals surface area (Å²) in [6, 6.07) is 3.83. The number of nitrogens with zero attached hydrogens (tertiary/aromatic N) is 2. The average molecular weight is 372 g/mol. The van der Waals surface area contributed by atoms with Crippen LogP contribution in [0.4, 0.5) is 5.69 Å². The number of hydrogen-bond acceptors (Lipinski definition) is 4. The van der Waals surface area contributed by atoms with Gasteiger partial charge < -0.3 is 15.5 Å². The first kappa shape index (κ1) is 18.7. The van der Waals surface area contributed by atoms with Crippen LogP contribution in [0.3, 0.4) is 0 Å². The molecular weight excluding hydrogens is 354 g/mol. The van der Waals surface area contributed by atoms with Gasteiger partial charge in [-0.15, -0.1) is 24.0 Å². The number of nitrogens with one attached hydrogen (secondary N) is 2. The Hall–Kier alpha value is -0.390. The lowest BCUT2D eigenvalue weighted by atomic mass is 10.2. The SMILES string of the molecule is CN(CCCl)Cc1cc(Cl)c(NC2=NCCN2)c(Cl)c1.Cl. The number of halogens is 4. The van der Waals surface area contributed by atoms with E-state index >= 15 is 0 Å². The van der Waals surface area contributed by atoms with Crippen LogP contribution in [-0.4, -0.2) is 43.4 Å². The molecule has 0 aliphatic carbocycles. The van der Waals surface area contributed by atoms with Crippen molar-refractivity contribution in [2.45, 2.75) is 6.54 Å². The summed E-state index contributed by atoms with van der Waals surface area (Å²) in [4.78, 5) is 6.38. The molecule has 1 aliphatic heterocycles. The van der Waals surface area contributed by atoms with E-state index in [2.05, 4.69) is 20.5 Å². The molecular formula is C13H18Cl4N4. The van der Waals surface area contributed by atoms with Crippen LogP contribution in [0.15, 0.2) is 17.1 Å². The molecule has 2 N–H and O–H groups in total. The normalized spacial score (nSPS) is 13.7. The lowest BCUT2D eigenvalue weighted by molar-refractivity contribution is 0.348. The monoisotopic (exact) mass is 370 g/mol. The summed E-state index contributed by atoms with van der Waals surface area (Å²) in [7, 11) is 2.01. The van der Waals surface area contributed by atoms with Crippen LogP contribution in [0, 0.1) is 0 Å². The van der Waals surface area contributed by atoms with E-state index in [9.17, 15) is 0 Å². The second-order valence-electron chi connectivity index (χ2n) is 4.64. The summed E-state index contributed by atoms with van der Waals surface area (Å²) in [5.74, 6) is 1.31. The van der Waals surface area contributed by atoms with Crippen LogP contribution in [0.5, 0.6) is 0 Å². The highest BCUT2D eigenvalue weighted by Crippen LogP contribution is 2.32. The maximum Gasteiger partial charge on any atom is 0.196 e. The van der Waals surface area contributed by atoms with Crippen molar-refractivity contribution < 1.29 is 0 Å². The Morgan fingerprint density at radius 1 is 1.33 bits per heavy atom. The molecule has 0 aromatic heterocycles. The Morgan fingerprint density at radius 2 is 2.00 bits per heavy atom. The van der Waals surface area contributed by atoms with Gasteiger partial charge in [0, 0.05) is 25.5 Å². The molecule has 1 aromatic carbocycles. The number of anilines is 1. The van der Waals surface area contributed by atoms with Crippen molar-refractivity contribution in [1.29, 1.82) is 0 Å². The third kappa shape index (κ3) is 5.38. The van der Waals surface area contributed by atoms with Gasteiger partial charge in [-0.05, 0) is 24.7 Å². The molecule has 0 radical (unpaired) electrons. The zero-order valence-corrected chi connectivity index (χ0v) is 14.7. The molecule has 0 unspecified atom stereocenters. The minimum atomic E-state index is 0. The largest absolute Gasteiger partial charge is 0.354 e. The third-order valence-electron chi connectivity index (χ3n) is 2.94. The highest BCUT2D eigenvalue weighted by atomic mass is 35.5. The third-order valence-corrected chi connectivity index (χ3v) is 3.70. The van der Waals surface area contributed by atoms with Crippen molar-refractivity contribution in [3.05, 3.63) is 27.7 Å².